The molecular formula is C25H33ClN4. The molecule has 5 heteroatoms. The monoisotopic (exact) mass is 424 g/mol. The Balaban J connectivity index is 1.90. The van der Waals surface area contributed by atoms with Crippen LogP contribution >= 0.6 is 11.6 Å². The van der Waals surface area contributed by atoms with E-state index in [1.165, 1.54) is 28.0 Å². The Morgan fingerprint density at radius 3 is 2.47 bits per heavy atom. The average Bonchev–Trinajstić information content (AvgIpc) is 2.98. The molecule has 30 heavy (non-hydrogen) atoms. The second kappa shape index (κ2) is 8.50. The van der Waals surface area contributed by atoms with Gasteiger partial charge in [0.15, 0.2) is 0 Å². The van der Waals surface area contributed by atoms with Crippen LogP contribution < -0.4 is 9.80 Å². The molecule has 1 aliphatic heterocycles. The van der Waals surface area contributed by atoms with Gasteiger partial charge >= 0.3 is 0 Å². The number of aromatic nitrogens is 2. The van der Waals surface area contributed by atoms with Gasteiger partial charge in [-0.25, -0.2) is 4.98 Å². The first-order valence-corrected chi connectivity index (χ1v) is 11.6. The molecule has 0 fully saturated rings. The van der Waals surface area contributed by atoms with Gasteiger partial charge < -0.3 is 14.4 Å². The fourth-order valence-corrected chi connectivity index (χ4v) is 5.09. The smallest absolute Gasteiger partial charge is 0.211 e. The minimum atomic E-state index is 0.531. The normalized spacial score (nSPS) is 14.3. The first-order chi connectivity index (χ1) is 14.5. The number of halogens is 1. The minimum Gasteiger partial charge on any atom is -0.377 e. The van der Waals surface area contributed by atoms with E-state index in [9.17, 15) is 0 Å². The molecule has 0 atom stereocenters. The van der Waals surface area contributed by atoms with Crippen molar-refractivity contribution in [2.75, 3.05) is 30.4 Å². The van der Waals surface area contributed by atoms with Crippen LogP contribution in [-0.4, -0.2) is 30.2 Å². The molecule has 0 aliphatic carbocycles. The molecule has 0 radical (unpaired) electrons. The van der Waals surface area contributed by atoms with Crippen LogP contribution in [0.2, 0.25) is 5.02 Å². The lowest BCUT2D eigenvalue weighted by Crippen LogP contribution is -2.20. The predicted molar refractivity (Wildman–Crippen MR) is 130 cm³/mol. The Morgan fingerprint density at radius 2 is 1.80 bits per heavy atom. The summed E-state index contributed by atoms with van der Waals surface area (Å²) >= 11 is 6.66. The highest BCUT2D eigenvalue weighted by atomic mass is 35.5. The van der Waals surface area contributed by atoms with Gasteiger partial charge in [0.2, 0.25) is 5.95 Å². The molecule has 0 saturated heterocycles. The van der Waals surface area contributed by atoms with E-state index in [1.54, 1.807) is 0 Å². The van der Waals surface area contributed by atoms with E-state index >= 15 is 0 Å². The first kappa shape index (κ1) is 21.0. The molecule has 0 unspecified atom stereocenters. The third-order valence-electron chi connectivity index (χ3n) is 6.51. The number of benzene rings is 2. The van der Waals surface area contributed by atoms with Crippen LogP contribution in [0.4, 0.5) is 17.3 Å². The number of hydrogen-bond acceptors (Lipinski definition) is 3. The molecule has 1 aromatic heterocycles. The lowest BCUT2D eigenvalue weighted by atomic mass is 9.93. The van der Waals surface area contributed by atoms with Crippen molar-refractivity contribution in [3.63, 3.8) is 0 Å². The predicted octanol–water partition coefficient (Wildman–Crippen LogP) is 6.90. The molecule has 2 heterocycles. The van der Waals surface area contributed by atoms with Gasteiger partial charge in [-0.15, -0.1) is 0 Å². The Kier molecular flexibility index (Phi) is 5.97. The number of hydrogen-bond donors (Lipinski definition) is 0. The van der Waals surface area contributed by atoms with Gasteiger partial charge in [0, 0.05) is 38.6 Å². The number of imidazole rings is 1. The summed E-state index contributed by atoms with van der Waals surface area (Å²) in [4.78, 5) is 9.66. The molecule has 160 valence electrons. The number of anilines is 3. The molecule has 3 aromatic rings. The second-order valence-electron chi connectivity index (χ2n) is 8.63. The van der Waals surface area contributed by atoms with Gasteiger partial charge in [-0.3, -0.25) is 0 Å². The van der Waals surface area contributed by atoms with Crippen molar-refractivity contribution in [2.24, 2.45) is 0 Å². The summed E-state index contributed by atoms with van der Waals surface area (Å²) in [6, 6.07) is 11.0. The molecule has 0 spiro atoms. The zero-order valence-electron chi connectivity index (χ0n) is 18.9. The van der Waals surface area contributed by atoms with E-state index in [0.717, 1.165) is 55.3 Å². The molecule has 1 aliphatic rings. The summed E-state index contributed by atoms with van der Waals surface area (Å²) in [5, 5.41) is 0.749. The fraction of sp³-hybridized carbons (Fsp3) is 0.480. The standard InChI is InChI=1S/C25H33ClN4/c1-6-18(7-2)20-11-12-21(26)23-24(20)30-15-9-8-14-29(25(30)27-23)19-10-13-22(28(4)5)17(3)16-19/h10-13,16,18H,6-9,14-15H2,1-5H3. The Bertz CT molecular complexity index is 1050. The van der Waals surface area contributed by atoms with Crippen LogP contribution in [0.5, 0.6) is 0 Å². The van der Waals surface area contributed by atoms with E-state index in [4.69, 9.17) is 16.6 Å². The summed E-state index contributed by atoms with van der Waals surface area (Å²) in [5.41, 5.74) is 7.31. The highest BCUT2D eigenvalue weighted by molar-refractivity contribution is 6.35. The Morgan fingerprint density at radius 1 is 1.07 bits per heavy atom. The summed E-state index contributed by atoms with van der Waals surface area (Å²) in [7, 11) is 4.18. The van der Waals surface area contributed by atoms with Crippen LogP contribution in [0.25, 0.3) is 11.0 Å². The van der Waals surface area contributed by atoms with Crippen molar-refractivity contribution in [2.45, 2.75) is 58.9 Å². The zero-order chi connectivity index (χ0) is 21.4. The summed E-state index contributed by atoms with van der Waals surface area (Å²) in [5.74, 6) is 1.56. The highest BCUT2D eigenvalue weighted by Gasteiger charge is 2.26. The zero-order valence-corrected chi connectivity index (χ0v) is 19.6. The molecule has 0 saturated carbocycles. The second-order valence-corrected chi connectivity index (χ2v) is 9.04. The summed E-state index contributed by atoms with van der Waals surface area (Å²) < 4.78 is 2.43. The van der Waals surface area contributed by atoms with Gasteiger partial charge in [-0.05, 0) is 73.9 Å². The first-order valence-electron chi connectivity index (χ1n) is 11.2. The Hall–Kier alpha value is -2.20. The van der Waals surface area contributed by atoms with Gasteiger partial charge in [-0.2, -0.15) is 0 Å². The lowest BCUT2D eigenvalue weighted by molar-refractivity contribution is 0.632. The van der Waals surface area contributed by atoms with E-state index in [2.05, 4.69) is 73.5 Å². The van der Waals surface area contributed by atoms with Crippen LogP contribution in [0.15, 0.2) is 30.3 Å². The fourth-order valence-electron chi connectivity index (χ4n) is 4.89. The molecule has 0 bridgehead atoms. The van der Waals surface area contributed by atoms with E-state index in [1.807, 2.05) is 6.07 Å². The topological polar surface area (TPSA) is 24.3 Å². The van der Waals surface area contributed by atoms with E-state index in [-0.39, 0.29) is 0 Å². The quantitative estimate of drug-likeness (QED) is 0.445. The molecule has 2 aromatic carbocycles. The molecule has 4 nitrogen and oxygen atoms in total. The molecule has 4 rings (SSSR count). The SMILES string of the molecule is CCC(CC)c1ccc(Cl)c2nc3n(c12)CCCCN3c1ccc(N(C)C)c(C)c1. The maximum absolute atomic E-state index is 6.66. The van der Waals surface area contributed by atoms with Crippen molar-refractivity contribution in [3.05, 3.63) is 46.5 Å². The van der Waals surface area contributed by atoms with Crippen molar-refractivity contribution < 1.29 is 0 Å². The summed E-state index contributed by atoms with van der Waals surface area (Å²) in [6.07, 6.45) is 4.56. The number of rotatable bonds is 5. The number of nitrogens with zero attached hydrogens (tertiary/aromatic N) is 4. The van der Waals surface area contributed by atoms with E-state index in [0.29, 0.717) is 5.92 Å². The minimum absolute atomic E-state index is 0.531. The summed E-state index contributed by atoms with van der Waals surface area (Å²) in [6.45, 7) is 8.69. The Labute approximate surface area is 185 Å². The van der Waals surface area contributed by atoms with Crippen LogP contribution in [0, 0.1) is 6.92 Å². The lowest BCUT2D eigenvalue weighted by Gasteiger charge is -2.24. The van der Waals surface area contributed by atoms with Crippen molar-refractivity contribution >= 4 is 40.0 Å². The van der Waals surface area contributed by atoms with E-state index < -0.39 is 0 Å². The van der Waals surface area contributed by atoms with Gasteiger partial charge in [0.05, 0.1) is 10.5 Å². The molecular weight excluding hydrogens is 392 g/mol. The van der Waals surface area contributed by atoms with Gasteiger partial charge in [-0.1, -0.05) is 31.5 Å². The third-order valence-corrected chi connectivity index (χ3v) is 6.82. The van der Waals surface area contributed by atoms with Crippen molar-refractivity contribution in [3.8, 4) is 0 Å². The van der Waals surface area contributed by atoms with Crippen LogP contribution in [0.1, 0.15) is 56.6 Å². The number of fused-ring (bicyclic) bond motifs is 3. The van der Waals surface area contributed by atoms with Gasteiger partial charge in [0.1, 0.15) is 5.52 Å². The molecule has 0 N–H and O–H groups in total. The largest absolute Gasteiger partial charge is 0.377 e. The van der Waals surface area contributed by atoms with Crippen LogP contribution in [0.3, 0.4) is 0 Å². The van der Waals surface area contributed by atoms with Gasteiger partial charge in [0.25, 0.3) is 0 Å². The van der Waals surface area contributed by atoms with Crippen molar-refractivity contribution in [1.82, 2.24) is 9.55 Å². The highest BCUT2D eigenvalue weighted by Crippen LogP contribution is 2.39. The number of aryl methyl sites for hydroxylation is 2. The molecule has 0 amide bonds. The third kappa shape index (κ3) is 3.56. The average molecular weight is 425 g/mol. The van der Waals surface area contributed by atoms with Crippen LogP contribution in [-0.2, 0) is 6.54 Å². The maximum atomic E-state index is 6.66. The van der Waals surface area contributed by atoms with Crippen molar-refractivity contribution in [1.29, 1.82) is 0 Å². The maximum Gasteiger partial charge on any atom is 0.211 e.